The zero-order valence-electron chi connectivity index (χ0n) is 14.5. The number of carbonyl (C=O) groups is 1. The van der Waals surface area contributed by atoms with Crippen molar-refractivity contribution in [2.45, 2.75) is 26.4 Å². The van der Waals surface area contributed by atoms with Gasteiger partial charge < -0.3 is 4.90 Å². The van der Waals surface area contributed by atoms with E-state index in [4.69, 9.17) is 0 Å². The van der Waals surface area contributed by atoms with Crippen LogP contribution in [0.2, 0.25) is 0 Å². The summed E-state index contributed by atoms with van der Waals surface area (Å²) in [5.41, 5.74) is 1.77. The fourth-order valence-electron chi connectivity index (χ4n) is 3.62. The lowest BCUT2D eigenvalue weighted by atomic mass is 10.2. The van der Waals surface area contributed by atoms with Gasteiger partial charge in [-0.2, -0.15) is 0 Å². The highest BCUT2D eigenvalue weighted by atomic mass is 16.2. The molecule has 0 fully saturated rings. The van der Waals surface area contributed by atoms with E-state index in [2.05, 4.69) is 0 Å². The molecule has 0 saturated heterocycles. The second-order valence-corrected chi connectivity index (χ2v) is 6.36. The van der Waals surface area contributed by atoms with Crippen LogP contribution in [0.15, 0.2) is 58.1 Å². The molecule has 132 valence electrons. The van der Waals surface area contributed by atoms with E-state index >= 15 is 0 Å². The number of benzene rings is 2. The molecule has 6 heteroatoms. The highest BCUT2D eigenvalue weighted by molar-refractivity contribution is 5.96. The third kappa shape index (κ3) is 2.45. The van der Waals surface area contributed by atoms with Gasteiger partial charge in [-0.25, -0.2) is 4.79 Å². The Balaban J connectivity index is 1.80. The first kappa shape index (κ1) is 16.3. The standard InChI is InChI=1S/C20H19N3O3/c1-2-21-19(25)15-8-4-6-10-17(15)23(20(21)26)13-18(24)22-12-11-14-7-3-5-9-16(14)22/h3-10H,2,11-13H2,1H3. The molecular formula is C20H19N3O3. The second kappa shape index (κ2) is 6.29. The normalized spacial score (nSPS) is 13.2. The minimum Gasteiger partial charge on any atom is -0.310 e. The third-order valence-electron chi connectivity index (χ3n) is 4.93. The topological polar surface area (TPSA) is 64.3 Å². The summed E-state index contributed by atoms with van der Waals surface area (Å²) >= 11 is 0. The van der Waals surface area contributed by atoms with Crippen LogP contribution >= 0.6 is 0 Å². The Labute approximate surface area is 149 Å². The molecular weight excluding hydrogens is 330 g/mol. The summed E-state index contributed by atoms with van der Waals surface area (Å²) in [7, 11) is 0. The first-order valence-electron chi connectivity index (χ1n) is 8.72. The van der Waals surface area contributed by atoms with Crippen LogP contribution in [0.25, 0.3) is 10.9 Å². The first-order chi connectivity index (χ1) is 12.6. The number of hydrogen-bond donors (Lipinski definition) is 0. The van der Waals surface area contributed by atoms with Gasteiger partial charge in [0.2, 0.25) is 5.91 Å². The van der Waals surface area contributed by atoms with Gasteiger partial charge in [0.15, 0.2) is 0 Å². The van der Waals surface area contributed by atoms with Gasteiger partial charge in [0.25, 0.3) is 5.56 Å². The van der Waals surface area contributed by atoms with Crippen LogP contribution < -0.4 is 16.1 Å². The molecule has 2 aromatic carbocycles. The van der Waals surface area contributed by atoms with E-state index in [1.165, 1.54) is 9.13 Å². The molecule has 1 aliphatic heterocycles. The highest BCUT2D eigenvalue weighted by Crippen LogP contribution is 2.27. The number of carbonyl (C=O) groups excluding carboxylic acids is 1. The number of fused-ring (bicyclic) bond motifs is 2. The van der Waals surface area contributed by atoms with Crippen molar-refractivity contribution in [3.63, 3.8) is 0 Å². The molecule has 0 radical (unpaired) electrons. The molecule has 0 bridgehead atoms. The summed E-state index contributed by atoms with van der Waals surface area (Å²) in [5, 5.41) is 0.448. The maximum absolute atomic E-state index is 12.9. The Morgan fingerprint density at radius 2 is 1.73 bits per heavy atom. The van der Waals surface area contributed by atoms with Gasteiger partial charge in [0.1, 0.15) is 6.54 Å². The van der Waals surface area contributed by atoms with Crippen LogP contribution in [0.4, 0.5) is 5.69 Å². The predicted molar refractivity (Wildman–Crippen MR) is 101 cm³/mol. The van der Waals surface area contributed by atoms with Crippen molar-refractivity contribution in [3.8, 4) is 0 Å². The van der Waals surface area contributed by atoms with Gasteiger partial charge >= 0.3 is 5.69 Å². The maximum atomic E-state index is 12.9. The number of anilines is 1. The summed E-state index contributed by atoms with van der Waals surface area (Å²) in [4.78, 5) is 39.9. The lowest BCUT2D eigenvalue weighted by Gasteiger charge is -2.19. The lowest BCUT2D eigenvalue weighted by Crippen LogP contribution is -2.43. The molecule has 0 N–H and O–H groups in total. The molecule has 0 aliphatic carbocycles. The van der Waals surface area contributed by atoms with Gasteiger partial charge in [0.05, 0.1) is 10.9 Å². The molecule has 4 rings (SSSR count). The van der Waals surface area contributed by atoms with E-state index < -0.39 is 5.69 Å². The van der Waals surface area contributed by atoms with Gasteiger partial charge in [-0.15, -0.1) is 0 Å². The maximum Gasteiger partial charge on any atom is 0.331 e. The Morgan fingerprint density at radius 3 is 2.54 bits per heavy atom. The molecule has 0 spiro atoms. The molecule has 6 nitrogen and oxygen atoms in total. The number of hydrogen-bond acceptors (Lipinski definition) is 3. The minimum atomic E-state index is -0.447. The summed E-state index contributed by atoms with van der Waals surface area (Å²) < 4.78 is 2.58. The lowest BCUT2D eigenvalue weighted by molar-refractivity contribution is -0.119. The number of para-hydroxylation sites is 2. The third-order valence-corrected chi connectivity index (χ3v) is 4.93. The molecule has 3 aromatic rings. The molecule has 0 atom stereocenters. The minimum absolute atomic E-state index is 0.0893. The first-order valence-corrected chi connectivity index (χ1v) is 8.72. The second-order valence-electron chi connectivity index (χ2n) is 6.36. The Morgan fingerprint density at radius 1 is 1.00 bits per heavy atom. The van der Waals surface area contributed by atoms with E-state index in [9.17, 15) is 14.4 Å². The van der Waals surface area contributed by atoms with E-state index in [0.29, 0.717) is 17.4 Å². The predicted octanol–water partition coefficient (Wildman–Crippen LogP) is 1.77. The number of nitrogens with zero attached hydrogens (tertiary/aromatic N) is 3. The fraction of sp³-hybridized carbons (Fsp3) is 0.250. The molecule has 1 amide bonds. The van der Waals surface area contributed by atoms with Crippen molar-refractivity contribution < 1.29 is 4.79 Å². The Hall–Kier alpha value is -3.15. The van der Waals surface area contributed by atoms with E-state index in [-0.39, 0.29) is 24.6 Å². The van der Waals surface area contributed by atoms with Crippen molar-refractivity contribution in [3.05, 3.63) is 74.9 Å². The van der Waals surface area contributed by atoms with Crippen LogP contribution in [-0.2, 0) is 24.3 Å². The van der Waals surface area contributed by atoms with Crippen molar-refractivity contribution in [1.29, 1.82) is 0 Å². The van der Waals surface area contributed by atoms with E-state index in [0.717, 1.165) is 17.7 Å². The summed E-state index contributed by atoms with van der Waals surface area (Å²) in [6.45, 7) is 2.54. The SMILES string of the molecule is CCn1c(=O)c2ccccc2n(CC(=O)N2CCc3ccccc32)c1=O. The van der Waals surface area contributed by atoms with Crippen molar-refractivity contribution in [1.82, 2.24) is 9.13 Å². The zero-order chi connectivity index (χ0) is 18.3. The average molecular weight is 349 g/mol. The van der Waals surface area contributed by atoms with Gasteiger partial charge in [-0.05, 0) is 37.1 Å². The van der Waals surface area contributed by atoms with Crippen LogP contribution in [0.1, 0.15) is 12.5 Å². The number of rotatable bonds is 3. The van der Waals surface area contributed by atoms with E-state index in [1.54, 1.807) is 36.1 Å². The molecule has 1 aromatic heterocycles. The van der Waals surface area contributed by atoms with Crippen LogP contribution in [0.5, 0.6) is 0 Å². The highest BCUT2D eigenvalue weighted by Gasteiger charge is 2.25. The van der Waals surface area contributed by atoms with Crippen molar-refractivity contribution >= 4 is 22.5 Å². The quantitative estimate of drug-likeness (QED) is 0.724. The molecule has 2 heterocycles. The van der Waals surface area contributed by atoms with Gasteiger partial charge in [0, 0.05) is 18.8 Å². The van der Waals surface area contributed by atoms with Crippen LogP contribution in [0.3, 0.4) is 0 Å². The zero-order valence-corrected chi connectivity index (χ0v) is 14.5. The number of amides is 1. The molecule has 0 unspecified atom stereocenters. The fourth-order valence-corrected chi connectivity index (χ4v) is 3.62. The average Bonchev–Trinajstić information content (AvgIpc) is 3.10. The van der Waals surface area contributed by atoms with Crippen LogP contribution in [-0.4, -0.2) is 21.6 Å². The monoisotopic (exact) mass is 349 g/mol. The number of aromatic nitrogens is 2. The Bertz CT molecular complexity index is 1130. The Kier molecular flexibility index (Phi) is 3.95. The van der Waals surface area contributed by atoms with Crippen LogP contribution in [0, 0.1) is 0 Å². The van der Waals surface area contributed by atoms with Crippen molar-refractivity contribution in [2.75, 3.05) is 11.4 Å². The van der Waals surface area contributed by atoms with E-state index in [1.807, 2.05) is 24.3 Å². The molecule has 26 heavy (non-hydrogen) atoms. The largest absolute Gasteiger partial charge is 0.331 e. The van der Waals surface area contributed by atoms with Gasteiger partial charge in [-0.1, -0.05) is 30.3 Å². The summed E-state index contributed by atoms with van der Waals surface area (Å²) in [6.07, 6.45) is 0.812. The summed E-state index contributed by atoms with van der Waals surface area (Å²) in [5.74, 6) is -0.150. The summed E-state index contributed by atoms with van der Waals surface area (Å²) in [6, 6.07) is 14.7. The van der Waals surface area contributed by atoms with Gasteiger partial charge in [-0.3, -0.25) is 18.7 Å². The smallest absolute Gasteiger partial charge is 0.310 e. The molecule has 1 aliphatic rings. The van der Waals surface area contributed by atoms with Crippen molar-refractivity contribution in [2.24, 2.45) is 0 Å². The molecule has 0 saturated carbocycles.